The Balaban J connectivity index is 2.33. The highest BCUT2D eigenvalue weighted by Crippen LogP contribution is 2.30. The summed E-state index contributed by atoms with van der Waals surface area (Å²) in [6, 6.07) is 0. The molecule has 1 unspecified atom stereocenters. The van der Waals surface area contributed by atoms with Gasteiger partial charge in [-0.05, 0) is 62.6 Å². The Kier molecular flexibility index (Phi) is 6.97. The van der Waals surface area contributed by atoms with Gasteiger partial charge in [0.05, 0.1) is 5.60 Å². The van der Waals surface area contributed by atoms with Gasteiger partial charge in [-0.25, -0.2) is 0 Å². The molecule has 0 fully saturated rings. The third-order valence-corrected chi connectivity index (χ3v) is 4.17. The first-order chi connectivity index (χ1) is 9.32. The molecule has 0 aromatic heterocycles. The summed E-state index contributed by atoms with van der Waals surface area (Å²) >= 11 is 5.38. The number of hydrogen-bond acceptors (Lipinski definition) is 2. The van der Waals surface area contributed by atoms with Crippen molar-refractivity contribution >= 4 is 16.8 Å². The van der Waals surface area contributed by atoms with Gasteiger partial charge in [0.1, 0.15) is 0 Å². The first-order valence-electron chi connectivity index (χ1n) is 7.47. The van der Waals surface area contributed by atoms with Crippen LogP contribution in [0.2, 0.25) is 0 Å². The van der Waals surface area contributed by atoms with Gasteiger partial charge < -0.3 is 4.74 Å². The van der Waals surface area contributed by atoms with Crippen molar-refractivity contribution < 1.29 is 9.53 Å². The van der Waals surface area contributed by atoms with Crippen molar-refractivity contribution in [1.29, 1.82) is 0 Å². The zero-order valence-electron chi connectivity index (χ0n) is 13.2. The SMILES string of the molecule is COC(C)(C)CCCC(C)CC1=C/C(=C/C(=O)Cl)CC1. The van der Waals surface area contributed by atoms with Crippen molar-refractivity contribution in [1.82, 2.24) is 0 Å². The second-order valence-corrected chi connectivity index (χ2v) is 6.86. The van der Waals surface area contributed by atoms with Gasteiger partial charge in [-0.15, -0.1) is 0 Å². The maximum absolute atomic E-state index is 10.8. The molecule has 1 rings (SSSR count). The van der Waals surface area contributed by atoms with E-state index in [1.807, 2.05) is 0 Å². The van der Waals surface area contributed by atoms with E-state index in [0.29, 0.717) is 5.92 Å². The first-order valence-corrected chi connectivity index (χ1v) is 7.85. The summed E-state index contributed by atoms with van der Waals surface area (Å²) in [5, 5.41) is -0.368. The van der Waals surface area contributed by atoms with E-state index in [1.165, 1.54) is 18.4 Å². The van der Waals surface area contributed by atoms with Crippen molar-refractivity contribution in [3.8, 4) is 0 Å². The summed E-state index contributed by atoms with van der Waals surface area (Å²) in [7, 11) is 1.78. The molecule has 2 nitrogen and oxygen atoms in total. The van der Waals surface area contributed by atoms with Crippen LogP contribution >= 0.6 is 11.6 Å². The van der Waals surface area contributed by atoms with E-state index in [0.717, 1.165) is 31.3 Å². The average molecular weight is 299 g/mol. The van der Waals surface area contributed by atoms with Crippen molar-refractivity contribution in [3.05, 3.63) is 23.3 Å². The van der Waals surface area contributed by atoms with Crippen LogP contribution in [0.25, 0.3) is 0 Å². The third-order valence-electron chi connectivity index (χ3n) is 4.06. The van der Waals surface area contributed by atoms with Gasteiger partial charge >= 0.3 is 0 Å². The molecule has 1 atom stereocenters. The number of allylic oxidation sites excluding steroid dienone is 4. The summed E-state index contributed by atoms with van der Waals surface area (Å²) in [5.74, 6) is 0.681. The van der Waals surface area contributed by atoms with E-state index >= 15 is 0 Å². The Hall–Kier alpha value is -0.600. The predicted octanol–water partition coefficient (Wildman–Crippen LogP) is 5.02. The number of methoxy groups -OCH3 is 1. The van der Waals surface area contributed by atoms with Crippen LogP contribution in [-0.4, -0.2) is 18.0 Å². The van der Waals surface area contributed by atoms with Gasteiger partial charge in [-0.3, -0.25) is 4.79 Å². The maximum Gasteiger partial charge on any atom is 0.245 e. The van der Waals surface area contributed by atoms with E-state index in [-0.39, 0.29) is 10.8 Å². The molecule has 1 aliphatic carbocycles. The van der Waals surface area contributed by atoms with E-state index < -0.39 is 0 Å². The topological polar surface area (TPSA) is 26.3 Å². The van der Waals surface area contributed by atoms with E-state index in [4.69, 9.17) is 16.3 Å². The lowest BCUT2D eigenvalue weighted by Gasteiger charge is -2.23. The fourth-order valence-electron chi connectivity index (χ4n) is 2.66. The molecule has 20 heavy (non-hydrogen) atoms. The van der Waals surface area contributed by atoms with Crippen molar-refractivity contribution in [2.75, 3.05) is 7.11 Å². The van der Waals surface area contributed by atoms with Crippen LogP contribution < -0.4 is 0 Å². The highest BCUT2D eigenvalue weighted by atomic mass is 35.5. The van der Waals surface area contributed by atoms with Crippen LogP contribution in [0.1, 0.15) is 59.3 Å². The molecular formula is C17H27ClO2. The molecule has 114 valence electrons. The number of ether oxygens (including phenoxy) is 1. The standard InChI is InChI=1S/C17H27ClO2/c1-13(6-5-9-17(2,3)20-4)10-14-7-8-15(11-14)12-16(18)19/h11-13H,5-10H2,1-4H3/b15-12+. The summed E-state index contributed by atoms with van der Waals surface area (Å²) in [4.78, 5) is 10.8. The second kappa shape index (κ2) is 7.99. The highest BCUT2D eigenvalue weighted by molar-refractivity contribution is 6.66. The van der Waals surface area contributed by atoms with E-state index in [9.17, 15) is 4.79 Å². The number of hydrogen-bond donors (Lipinski definition) is 0. The van der Waals surface area contributed by atoms with Crippen LogP contribution in [0, 0.1) is 5.92 Å². The Morgan fingerprint density at radius 1 is 1.50 bits per heavy atom. The zero-order valence-corrected chi connectivity index (χ0v) is 13.9. The van der Waals surface area contributed by atoms with Gasteiger partial charge in [-0.1, -0.05) is 31.4 Å². The smallest absolute Gasteiger partial charge is 0.245 e. The molecule has 0 radical (unpaired) electrons. The number of carbonyl (C=O) groups is 1. The van der Waals surface area contributed by atoms with Crippen molar-refractivity contribution in [2.24, 2.45) is 5.92 Å². The monoisotopic (exact) mass is 298 g/mol. The molecule has 0 bridgehead atoms. The minimum absolute atomic E-state index is 0.0109. The Morgan fingerprint density at radius 3 is 2.80 bits per heavy atom. The summed E-state index contributed by atoms with van der Waals surface area (Å²) in [5.41, 5.74) is 2.52. The van der Waals surface area contributed by atoms with Crippen LogP contribution in [0.5, 0.6) is 0 Å². The molecular weight excluding hydrogens is 272 g/mol. The molecule has 0 spiro atoms. The molecule has 1 aliphatic rings. The Bertz CT molecular complexity index is 394. The zero-order chi connectivity index (χ0) is 15.2. The third kappa shape index (κ3) is 6.71. The molecule has 0 N–H and O–H groups in total. The van der Waals surface area contributed by atoms with Crippen LogP contribution in [-0.2, 0) is 9.53 Å². The minimum atomic E-state index is -0.368. The number of rotatable bonds is 8. The van der Waals surface area contributed by atoms with Gasteiger partial charge in [0, 0.05) is 13.2 Å². The lowest BCUT2D eigenvalue weighted by molar-refractivity contribution is -0.107. The van der Waals surface area contributed by atoms with Crippen LogP contribution in [0.3, 0.4) is 0 Å². The predicted molar refractivity (Wildman–Crippen MR) is 85.0 cm³/mol. The minimum Gasteiger partial charge on any atom is -0.379 e. The number of carbonyl (C=O) groups excluding carboxylic acids is 1. The molecule has 0 saturated heterocycles. The van der Waals surface area contributed by atoms with Gasteiger partial charge in [0.15, 0.2) is 0 Å². The molecule has 0 amide bonds. The lowest BCUT2D eigenvalue weighted by atomic mass is 9.92. The Labute approximate surface area is 128 Å². The highest BCUT2D eigenvalue weighted by Gasteiger charge is 2.17. The van der Waals surface area contributed by atoms with Crippen LogP contribution in [0.4, 0.5) is 0 Å². The molecule has 0 aliphatic heterocycles. The van der Waals surface area contributed by atoms with E-state index in [1.54, 1.807) is 13.2 Å². The maximum atomic E-state index is 10.8. The molecule has 0 aromatic carbocycles. The fraction of sp³-hybridized carbons (Fsp3) is 0.706. The first kappa shape index (κ1) is 17.5. The summed E-state index contributed by atoms with van der Waals surface area (Å²) in [6.07, 6.45) is 10.4. The largest absolute Gasteiger partial charge is 0.379 e. The number of halogens is 1. The Morgan fingerprint density at radius 2 is 2.20 bits per heavy atom. The van der Waals surface area contributed by atoms with Crippen LogP contribution in [0.15, 0.2) is 23.3 Å². The van der Waals surface area contributed by atoms with Gasteiger partial charge in [0.25, 0.3) is 0 Å². The molecule has 3 heteroatoms. The fourth-order valence-corrected chi connectivity index (χ4v) is 2.80. The summed E-state index contributed by atoms with van der Waals surface area (Å²) in [6.45, 7) is 6.57. The van der Waals surface area contributed by atoms with Gasteiger partial charge in [-0.2, -0.15) is 0 Å². The lowest BCUT2D eigenvalue weighted by Crippen LogP contribution is -2.22. The summed E-state index contributed by atoms with van der Waals surface area (Å²) < 4.78 is 5.44. The van der Waals surface area contributed by atoms with E-state index in [2.05, 4.69) is 26.8 Å². The van der Waals surface area contributed by atoms with Crippen molar-refractivity contribution in [2.45, 2.75) is 64.9 Å². The normalized spacial score (nSPS) is 19.2. The molecule has 0 heterocycles. The average Bonchev–Trinajstić information content (AvgIpc) is 2.75. The van der Waals surface area contributed by atoms with Gasteiger partial charge in [0.2, 0.25) is 5.24 Å². The van der Waals surface area contributed by atoms with Crippen molar-refractivity contribution in [3.63, 3.8) is 0 Å². The quantitative estimate of drug-likeness (QED) is 0.464. The molecule has 0 saturated carbocycles. The second-order valence-electron chi connectivity index (χ2n) is 6.49. The molecule has 0 aromatic rings.